The zero-order valence-corrected chi connectivity index (χ0v) is 12.6. The number of amides is 1. The molecule has 0 unspecified atom stereocenters. The lowest BCUT2D eigenvalue weighted by molar-refractivity contribution is 0.102. The highest BCUT2D eigenvalue weighted by atomic mass is 79.9. The van der Waals surface area contributed by atoms with Gasteiger partial charge in [0.2, 0.25) is 0 Å². The molecule has 0 aliphatic heterocycles. The summed E-state index contributed by atoms with van der Waals surface area (Å²) >= 11 is 6.24. The molecule has 98 valence electrons. The predicted molar refractivity (Wildman–Crippen MR) is 77.9 cm³/mol. The average Bonchev–Trinajstić information content (AvgIpc) is 2.36. The molecule has 2 N–H and O–H groups in total. The van der Waals surface area contributed by atoms with Gasteiger partial charge in [-0.15, -0.1) is 0 Å². The topological polar surface area (TPSA) is 49.3 Å². The van der Waals surface area contributed by atoms with Crippen molar-refractivity contribution in [1.82, 2.24) is 0 Å². The number of phenolic OH excluding ortho intramolecular Hbond substituents is 1. The summed E-state index contributed by atoms with van der Waals surface area (Å²) in [5.74, 6) is -1.13. The number of carbonyl (C=O) groups is 1. The Hall–Kier alpha value is -1.40. The van der Waals surface area contributed by atoms with Crippen LogP contribution in [0.1, 0.15) is 10.4 Å². The van der Waals surface area contributed by atoms with Gasteiger partial charge in [0.15, 0.2) is 0 Å². The summed E-state index contributed by atoms with van der Waals surface area (Å²) in [4.78, 5) is 12.0. The minimum atomic E-state index is -0.513. The number of hydrogen-bond acceptors (Lipinski definition) is 2. The van der Waals surface area contributed by atoms with E-state index in [9.17, 15) is 14.3 Å². The van der Waals surface area contributed by atoms with Gasteiger partial charge in [-0.05, 0) is 52.3 Å². The monoisotopic (exact) mass is 387 g/mol. The van der Waals surface area contributed by atoms with Crippen molar-refractivity contribution < 1.29 is 14.3 Å². The Kier molecular flexibility index (Phi) is 4.21. The van der Waals surface area contributed by atoms with Gasteiger partial charge in [0, 0.05) is 10.2 Å². The fourth-order valence-electron chi connectivity index (χ4n) is 1.46. The second-order valence-electron chi connectivity index (χ2n) is 3.74. The first-order valence-corrected chi connectivity index (χ1v) is 6.81. The third-order valence-electron chi connectivity index (χ3n) is 2.38. The van der Waals surface area contributed by atoms with Crippen molar-refractivity contribution in [3.63, 3.8) is 0 Å². The molecule has 0 bridgehead atoms. The van der Waals surface area contributed by atoms with E-state index in [0.29, 0.717) is 14.6 Å². The molecule has 2 aromatic rings. The fourth-order valence-corrected chi connectivity index (χ4v) is 2.07. The Morgan fingerprint density at radius 2 is 1.89 bits per heavy atom. The molecule has 0 fully saturated rings. The van der Waals surface area contributed by atoms with Crippen LogP contribution in [0.5, 0.6) is 5.75 Å². The minimum absolute atomic E-state index is 0.109. The first-order chi connectivity index (χ1) is 8.97. The maximum Gasteiger partial charge on any atom is 0.259 e. The molecule has 3 nitrogen and oxygen atoms in total. The number of rotatable bonds is 2. The lowest BCUT2D eigenvalue weighted by Gasteiger charge is -2.08. The summed E-state index contributed by atoms with van der Waals surface area (Å²) < 4.78 is 14.3. The number of carbonyl (C=O) groups excluding carboxylic acids is 1. The van der Waals surface area contributed by atoms with E-state index in [2.05, 4.69) is 37.2 Å². The third-order valence-corrected chi connectivity index (χ3v) is 3.52. The van der Waals surface area contributed by atoms with Crippen molar-refractivity contribution in [2.45, 2.75) is 0 Å². The highest BCUT2D eigenvalue weighted by Gasteiger charge is 2.12. The van der Waals surface area contributed by atoms with E-state index in [1.165, 1.54) is 24.3 Å². The normalized spacial score (nSPS) is 10.3. The van der Waals surface area contributed by atoms with E-state index in [4.69, 9.17) is 0 Å². The molecule has 0 saturated carbocycles. The Balaban J connectivity index is 2.25. The SMILES string of the molecule is O=C(Nc1ccc(Br)c(F)c1)c1cc(Br)ccc1O. The number of hydrogen-bond donors (Lipinski definition) is 2. The highest BCUT2D eigenvalue weighted by molar-refractivity contribution is 9.10. The summed E-state index contributed by atoms with van der Waals surface area (Å²) in [5, 5.41) is 12.1. The summed E-state index contributed by atoms with van der Waals surface area (Å²) in [5.41, 5.74) is 0.419. The van der Waals surface area contributed by atoms with Crippen molar-refractivity contribution >= 4 is 43.5 Å². The molecule has 0 atom stereocenters. The van der Waals surface area contributed by atoms with Crippen LogP contribution in [0.25, 0.3) is 0 Å². The first-order valence-electron chi connectivity index (χ1n) is 5.22. The van der Waals surface area contributed by atoms with Crippen LogP contribution in [0, 0.1) is 5.82 Å². The zero-order chi connectivity index (χ0) is 14.0. The van der Waals surface area contributed by atoms with Crippen LogP contribution < -0.4 is 5.32 Å². The third kappa shape index (κ3) is 3.33. The van der Waals surface area contributed by atoms with Crippen molar-refractivity contribution in [3.8, 4) is 5.75 Å². The Morgan fingerprint density at radius 1 is 1.16 bits per heavy atom. The van der Waals surface area contributed by atoms with Crippen LogP contribution in [0.2, 0.25) is 0 Å². The Labute approximate surface area is 125 Å². The Bertz CT molecular complexity index is 647. The standard InChI is InChI=1S/C13H8Br2FNO2/c14-7-1-4-12(18)9(5-7)13(19)17-8-2-3-10(15)11(16)6-8/h1-6,18H,(H,17,19). The van der Waals surface area contributed by atoms with Gasteiger partial charge in [0.25, 0.3) is 5.91 Å². The molecule has 19 heavy (non-hydrogen) atoms. The minimum Gasteiger partial charge on any atom is -0.507 e. The second-order valence-corrected chi connectivity index (χ2v) is 5.51. The number of halogens is 3. The van der Waals surface area contributed by atoms with Crippen LogP contribution >= 0.6 is 31.9 Å². The van der Waals surface area contributed by atoms with Gasteiger partial charge < -0.3 is 10.4 Å². The molecule has 6 heteroatoms. The molecule has 0 saturated heterocycles. The van der Waals surface area contributed by atoms with E-state index in [0.717, 1.165) is 0 Å². The number of anilines is 1. The van der Waals surface area contributed by atoms with Crippen LogP contribution in [-0.4, -0.2) is 11.0 Å². The molecule has 2 rings (SSSR count). The largest absolute Gasteiger partial charge is 0.507 e. The summed E-state index contributed by atoms with van der Waals surface area (Å²) in [6.45, 7) is 0. The number of phenols is 1. The van der Waals surface area contributed by atoms with Gasteiger partial charge in [-0.3, -0.25) is 4.79 Å². The lowest BCUT2D eigenvalue weighted by atomic mass is 10.2. The zero-order valence-electron chi connectivity index (χ0n) is 9.45. The fraction of sp³-hybridized carbons (Fsp3) is 0. The van der Waals surface area contributed by atoms with E-state index in [-0.39, 0.29) is 11.3 Å². The smallest absolute Gasteiger partial charge is 0.259 e. The van der Waals surface area contributed by atoms with Crippen molar-refractivity contribution in [2.75, 3.05) is 5.32 Å². The maximum absolute atomic E-state index is 13.3. The quantitative estimate of drug-likeness (QED) is 0.805. The molecule has 0 spiro atoms. The van der Waals surface area contributed by atoms with Gasteiger partial charge in [-0.25, -0.2) is 4.39 Å². The van der Waals surface area contributed by atoms with Crippen molar-refractivity contribution in [1.29, 1.82) is 0 Å². The highest BCUT2D eigenvalue weighted by Crippen LogP contribution is 2.24. The van der Waals surface area contributed by atoms with E-state index in [1.54, 1.807) is 12.1 Å². The molecular weight excluding hydrogens is 381 g/mol. The van der Waals surface area contributed by atoms with Crippen molar-refractivity contribution in [2.24, 2.45) is 0 Å². The van der Waals surface area contributed by atoms with E-state index < -0.39 is 11.7 Å². The van der Waals surface area contributed by atoms with Gasteiger partial charge in [-0.2, -0.15) is 0 Å². The van der Waals surface area contributed by atoms with Gasteiger partial charge in [0.05, 0.1) is 10.0 Å². The molecule has 2 aromatic carbocycles. The molecule has 1 amide bonds. The second kappa shape index (κ2) is 5.71. The van der Waals surface area contributed by atoms with E-state index >= 15 is 0 Å². The lowest BCUT2D eigenvalue weighted by Crippen LogP contribution is -2.12. The number of aromatic hydroxyl groups is 1. The van der Waals surface area contributed by atoms with E-state index in [1.807, 2.05) is 0 Å². The van der Waals surface area contributed by atoms with Crippen molar-refractivity contribution in [3.05, 3.63) is 56.7 Å². The molecule has 0 aliphatic carbocycles. The molecule has 0 heterocycles. The van der Waals surface area contributed by atoms with Crippen LogP contribution in [-0.2, 0) is 0 Å². The summed E-state index contributed by atoms with van der Waals surface area (Å²) in [6.07, 6.45) is 0. The molecule has 0 aliphatic rings. The molecule has 0 radical (unpaired) electrons. The Morgan fingerprint density at radius 3 is 2.58 bits per heavy atom. The number of benzene rings is 2. The van der Waals surface area contributed by atoms with Gasteiger partial charge >= 0.3 is 0 Å². The van der Waals surface area contributed by atoms with Crippen LogP contribution in [0.3, 0.4) is 0 Å². The molecular formula is C13H8Br2FNO2. The maximum atomic E-state index is 13.3. The van der Waals surface area contributed by atoms with Crippen LogP contribution in [0.4, 0.5) is 10.1 Å². The van der Waals surface area contributed by atoms with Gasteiger partial charge in [-0.1, -0.05) is 15.9 Å². The first kappa shape index (κ1) is 14.0. The average molecular weight is 389 g/mol. The van der Waals surface area contributed by atoms with Crippen LogP contribution in [0.15, 0.2) is 45.3 Å². The molecule has 0 aromatic heterocycles. The van der Waals surface area contributed by atoms with Gasteiger partial charge in [0.1, 0.15) is 11.6 Å². The number of nitrogens with one attached hydrogen (secondary N) is 1. The summed E-state index contributed by atoms with van der Waals surface area (Å²) in [7, 11) is 0. The summed E-state index contributed by atoms with van der Waals surface area (Å²) in [6, 6.07) is 8.75. The predicted octanol–water partition coefficient (Wildman–Crippen LogP) is 4.31.